The Kier molecular flexibility index (Phi) is 7.94. The van der Waals surface area contributed by atoms with E-state index >= 15 is 0 Å². The maximum atomic E-state index is 13.9. The fourth-order valence-electron chi connectivity index (χ4n) is 4.15. The van der Waals surface area contributed by atoms with Crippen LogP contribution >= 0.6 is 0 Å². The summed E-state index contributed by atoms with van der Waals surface area (Å²) in [5, 5.41) is 9.17. The van der Waals surface area contributed by atoms with E-state index in [1.54, 1.807) is 24.3 Å². The Balaban J connectivity index is 1.46. The van der Waals surface area contributed by atoms with Gasteiger partial charge in [-0.05, 0) is 61.0 Å². The van der Waals surface area contributed by atoms with Gasteiger partial charge in [0, 0.05) is 62.9 Å². The summed E-state index contributed by atoms with van der Waals surface area (Å²) < 4.78 is 42.8. The van der Waals surface area contributed by atoms with E-state index in [1.807, 2.05) is 18.9 Å². The second-order valence-corrected chi connectivity index (χ2v) is 9.15. The number of hydrogen-bond donors (Lipinski definition) is 2. The number of aryl methyl sites for hydroxylation is 1. The van der Waals surface area contributed by atoms with Crippen LogP contribution in [0, 0.1) is 6.92 Å². The minimum Gasteiger partial charge on any atom is -0.332 e. The van der Waals surface area contributed by atoms with Gasteiger partial charge in [-0.2, -0.15) is 23.0 Å². The fourth-order valence-corrected chi connectivity index (χ4v) is 4.15. The predicted molar refractivity (Wildman–Crippen MR) is 133 cm³/mol. The summed E-state index contributed by atoms with van der Waals surface area (Å²) in [5.41, 5.74) is 1.31. The van der Waals surface area contributed by atoms with Crippen molar-refractivity contribution in [2.24, 2.45) is 0 Å². The van der Waals surface area contributed by atoms with Crippen LogP contribution in [0.2, 0.25) is 0 Å². The normalized spacial score (nSPS) is 14.9. The zero-order chi connectivity index (χ0) is 26.6. The first-order valence-electron chi connectivity index (χ1n) is 11.9. The number of halogens is 3. The van der Waals surface area contributed by atoms with Gasteiger partial charge in [0.2, 0.25) is 0 Å². The van der Waals surface area contributed by atoms with Crippen LogP contribution in [-0.2, 0) is 19.3 Å². The molecule has 1 aromatic heterocycles. The Morgan fingerprint density at radius 2 is 1.78 bits per heavy atom. The van der Waals surface area contributed by atoms with Crippen LogP contribution in [0.25, 0.3) is 0 Å². The molecule has 2 heterocycles. The Morgan fingerprint density at radius 1 is 1.03 bits per heavy atom. The zero-order valence-corrected chi connectivity index (χ0v) is 20.7. The molecule has 11 heteroatoms. The molecule has 3 aromatic rings. The number of likely N-dealkylation sites (N-methyl/N-ethyl adjacent to an activating group) is 1. The number of carbonyl (C=O) groups is 2. The Bertz CT molecular complexity index is 1250. The predicted octanol–water partition coefficient (Wildman–Crippen LogP) is 3.97. The molecule has 1 fully saturated rings. The van der Waals surface area contributed by atoms with Crippen LogP contribution in [0.3, 0.4) is 0 Å². The summed E-state index contributed by atoms with van der Waals surface area (Å²) in [7, 11) is 1.99. The fraction of sp³-hybridized carbons (Fsp3) is 0.346. The smallest absolute Gasteiger partial charge is 0.332 e. The lowest BCUT2D eigenvalue weighted by molar-refractivity contribution is -0.138. The molecule has 196 valence electrons. The molecule has 8 nitrogen and oxygen atoms in total. The topological polar surface area (TPSA) is 82.5 Å². The van der Waals surface area contributed by atoms with Gasteiger partial charge in [-0.1, -0.05) is 12.1 Å². The van der Waals surface area contributed by atoms with E-state index in [2.05, 4.69) is 20.6 Å². The van der Waals surface area contributed by atoms with Crippen molar-refractivity contribution in [3.8, 4) is 0 Å². The second-order valence-electron chi connectivity index (χ2n) is 9.15. The summed E-state index contributed by atoms with van der Waals surface area (Å²) in [6.07, 6.45) is -1.55. The van der Waals surface area contributed by atoms with Crippen molar-refractivity contribution in [2.45, 2.75) is 26.2 Å². The third kappa shape index (κ3) is 6.75. The number of benzene rings is 2. The van der Waals surface area contributed by atoms with Crippen LogP contribution in [0.1, 0.15) is 32.6 Å². The molecule has 1 saturated heterocycles. The van der Waals surface area contributed by atoms with E-state index in [4.69, 9.17) is 0 Å². The highest BCUT2D eigenvalue weighted by molar-refractivity contribution is 6.04. The van der Waals surface area contributed by atoms with Crippen LogP contribution in [0.15, 0.2) is 54.9 Å². The zero-order valence-electron chi connectivity index (χ0n) is 20.7. The van der Waals surface area contributed by atoms with Gasteiger partial charge in [-0.3, -0.25) is 9.69 Å². The molecule has 0 bridgehead atoms. The summed E-state index contributed by atoms with van der Waals surface area (Å²) in [4.78, 5) is 29.2. The number of hydrogen-bond acceptors (Lipinski definition) is 5. The molecule has 2 aromatic carbocycles. The maximum absolute atomic E-state index is 13.9. The van der Waals surface area contributed by atoms with E-state index in [-0.39, 0.29) is 29.9 Å². The highest BCUT2D eigenvalue weighted by Crippen LogP contribution is 2.34. The number of alkyl halides is 3. The molecular formula is C26H29F3N6O2. The third-order valence-electron chi connectivity index (χ3n) is 6.42. The Hall–Kier alpha value is -3.70. The van der Waals surface area contributed by atoms with Gasteiger partial charge < -0.3 is 15.5 Å². The first-order valence-corrected chi connectivity index (χ1v) is 11.9. The molecule has 2 amide bonds. The molecule has 0 atom stereocenters. The molecule has 0 radical (unpaired) electrons. The van der Waals surface area contributed by atoms with Crippen molar-refractivity contribution >= 4 is 17.6 Å². The van der Waals surface area contributed by atoms with Crippen molar-refractivity contribution in [2.75, 3.05) is 38.5 Å². The summed E-state index contributed by atoms with van der Waals surface area (Å²) in [5.74, 6) is -0.542. The Morgan fingerprint density at radius 3 is 2.46 bits per heavy atom. The average Bonchev–Trinajstić information content (AvgIpc) is 3.40. The lowest BCUT2D eigenvalue weighted by atomic mass is 10.0. The van der Waals surface area contributed by atoms with E-state index in [0.29, 0.717) is 18.7 Å². The van der Waals surface area contributed by atoms with Gasteiger partial charge >= 0.3 is 12.2 Å². The molecule has 37 heavy (non-hydrogen) atoms. The first-order chi connectivity index (χ1) is 17.6. The average molecular weight is 515 g/mol. The van der Waals surface area contributed by atoms with Crippen molar-refractivity contribution < 1.29 is 22.8 Å². The van der Waals surface area contributed by atoms with Gasteiger partial charge in [-0.15, -0.1) is 0 Å². The minimum atomic E-state index is -4.55. The van der Waals surface area contributed by atoms with Crippen molar-refractivity contribution in [3.63, 3.8) is 0 Å². The molecule has 0 unspecified atom stereocenters. The van der Waals surface area contributed by atoms with E-state index in [0.717, 1.165) is 29.4 Å². The van der Waals surface area contributed by atoms with Crippen molar-refractivity contribution in [3.05, 3.63) is 82.7 Å². The van der Waals surface area contributed by atoms with Crippen LogP contribution in [0.4, 0.5) is 23.7 Å². The van der Waals surface area contributed by atoms with E-state index in [9.17, 15) is 22.8 Å². The van der Waals surface area contributed by atoms with Gasteiger partial charge in [0.05, 0.1) is 5.56 Å². The number of nitrogens with zero attached hydrogens (tertiary/aromatic N) is 4. The second kappa shape index (κ2) is 11.1. The van der Waals surface area contributed by atoms with Crippen LogP contribution in [0.5, 0.6) is 0 Å². The number of piperazine rings is 1. The van der Waals surface area contributed by atoms with Crippen molar-refractivity contribution in [1.29, 1.82) is 0 Å². The monoisotopic (exact) mass is 514 g/mol. The Labute approximate surface area is 213 Å². The molecule has 0 saturated carbocycles. The minimum absolute atomic E-state index is 0.0635. The van der Waals surface area contributed by atoms with Gasteiger partial charge in [-0.25, -0.2) is 4.79 Å². The van der Waals surface area contributed by atoms with Gasteiger partial charge in [0.15, 0.2) is 0 Å². The number of rotatable bonds is 6. The van der Waals surface area contributed by atoms with E-state index in [1.165, 1.54) is 24.5 Å². The van der Waals surface area contributed by atoms with Crippen molar-refractivity contribution in [1.82, 2.24) is 24.9 Å². The van der Waals surface area contributed by atoms with Crippen LogP contribution < -0.4 is 10.6 Å². The lowest BCUT2D eigenvalue weighted by Crippen LogP contribution is -2.44. The summed E-state index contributed by atoms with van der Waals surface area (Å²) in [6, 6.07) is 10.1. The van der Waals surface area contributed by atoms with E-state index < -0.39 is 23.7 Å². The summed E-state index contributed by atoms with van der Waals surface area (Å²) in [6.45, 7) is 5.20. The molecule has 0 spiro atoms. The third-order valence-corrected chi connectivity index (χ3v) is 6.42. The number of anilines is 1. The molecule has 4 rings (SSSR count). The number of amides is 2. The van der Waals surface area contributed by atoms with Gasteiger partial charge in [0.1, 0.15) is 0 Å². The maximum Gasteiger partial charge on any atom is 0.416 e. The number of nitrogens with one attached hydrogen (secondary N) is 2. The van der Waals surface area contributed by atoms with Gasteiger partial charge in [0.25, 0.3) is 5.91 Å². The summed E-state index contributed by atoms with van der Waals surface area (Å²) >= 11 is 0. The van der Waals surface area contributed by atoms with Crippen LogP contribution in [-0.4, -0.2) is 64.7 Å². The molecule has 1 aliphatic heterocycles. The largest absolute Gasteiger partial charge is 0.416 e. The standard InChI is InChI=1S/C26H29F3N6O2/c1-18-4-5-19(14-21(18)16-30-25(37)35-9-3-8-31-35)24(36)32-22-7-6-20(23(15-22)26(27,28)29)17-34-12-10-33(2)11-13-34/h3-9,14-15H,10-13,16-17H2,1-2H3,(H,30,37)(H,32,36). The molecule has 2 N–H and O–H groups in total. The molecule has 0 aliphatic carbocycles. The lowest BCUT2D eigenvalue weighted by Gasteiger charge is -2.33. The number of carbonyl (C=O) groups excluding carboxylic acids is 2. The molecule has 1 aliphatic rings. The highest BCUT2D eigenvalue weighted by Gasteiger charge is 2.34. The quantitative estimate of drug-likeness (QED) is 0.520. The first kappa shape index (κ1) is 26.4. The highest BCUT2D eigenvalue weighted by atomic mass is 19.4. The molecular weight excluding hydrogens is 485 g/mol. The number of aromatic nitrogens is 2. The SMILES string of the molecule is Cc1ccc(C(=O)Nc2ccc(CN3CCN(C)CC3)c(C(F)(F)F)c2)cc1CNC(=O)n1cccn1.